The molecule has 0 radical (unpaired) electrons. The molecule has 1 atom stereocenters. The fourth-order valence-electron chi connectivity index (χ4n) is 3.90. The van der Waals surface area contributed by atoms with Crippen LogP contribution in [-0.4, -0.2) is 64.5 Å². The van der Waals surface area contributed by atoms with Gasteiger partial charge in [0.25, 0.3) is 5.92 Å². The maximum atomic E-state index is 14.4. The molecule has 1 saturated heterocycles. The molecule has 0 bridgehead atoms. The number of fused-ring (bicyclic) bond motifs is 1. The van der Waals surface area contributed by atoms with Gasteiger partial charge < -0.3 is 24.4 Å². The first-order chi connectivity index (χ1) is 15.4. The Balaban J connectivity index is 1.74. The summed E-state index contributed by atoms with van der Waals surface area (Å²) >= 11 is 0. The van der Waals surface area contributed by atoms with Crippen LogP contribution in [0.3, 0.4) is 0 Å². The molecule has 3 aromatic rings. The molecule has 0 spiro atoms. The van der Waals surface area contributed by atoms with Gasteiger partial charge in [0.15, 0.2) is 0 Å². The molecule has 0 aliphatic carbocycles. The normalized spacial score (nSPS) is 17.7. The van der Waals surface area contributed by atoms with Gasteiger partial charge in [-0.25, -0.2) is 13.8 Å². The Morgan fingerprint density at radius 1 is 1.09 bits per heavy atom. The highest BCUT2D eigenvalue weighted by Gasteiger charge is 2.49. The number of ether oxygens (including phenoxy) is 3. The van der Waals surface area contributed by atoms with Crippen molar-refractivity contribution in [3.8, 4) is 22.8 Å². The summed E-state index contributed by atoms with van der Waals surface area (Å²) in [5, 5.41) is 3.82. The van der Waals surface area contributed by atoms with Gasteiger partial charge in [-0.2, -0.15) is 0 Å². The molecule has 8 heteroatoms. The predicted octanol–water partition coefficient (Wildman–Crippen LogP) is 3.98. The maximum absolute atomic E-state index is 14.4. The van der Waals surface area contributed by atoms with Gasteiger partial charge >= 0.3 is 0 Å². The van der Waals surface area contributed by atoms with Gasteiger partial charge in [0.2, 0.25) is 0 Å². The molecule has 0 saturated carbocycles. The summed E-state index contributed by atoms with van der Waals surface area (Å²) in [4.78, 5) is 6.46. The number of nitrogens with one attached hydrogen (secondary N) is 1. The number of pyridine rings is 1. The van der Waals surface area contributed by atoms with E-state index in [0.717, 1.165) is 23.2 Å². The second-order valence-electron chi connectivity index (χ2n) is 7.75. The van der Waals surface area contributed by atoms with E-state index in [1.165, 1.54) is 7.11 Å². The van der Waals surface area contributed by atoms with Gasteiger partial charge in [0.1, 0.15) is 24.2 Å². The lowest BCUT2D eigenvalue weighted by Crippen LogP contribution is -2.33. The van der Waals surface area contributed by atoms with Crippen LogP contribution in [0.15, 0.2) is 48.5 Å². The molecule has 2 heterocycles. The molecular formula is C24H27F2N3O3. The third-order valence-corrected chi connectivity index (χ3v) is 5.65. The quantitative estimate of drug-likeness (QED) is 0.532. The number of benzene rings is 2. The van der Waals surface area contributed by atoms with Crippen molar-refractivity contribution in [2.24, 2.45) is 0 Å². The van der Waals surface area contributed by atoms with Crippen molar-refractivity contribution in [1.82, 2.24) is 10.3 Å². The van der Waals surface area contributed by atoms with Crippen LogP contribution in [0.25, 0.3) is 22.2 Å². The molecular weight excluding hydrogens is 416 g/mol. The Morgan fingerprint density at radius 3 is 2.50 bits per heavy atom. The Kier molecular flexibility index (Phi) is 6.43. The zero-order valence-electron chi connectivity index (χ0n) is 18.4. The minimum atomic E-state index is -2.93. The lowest BCUT2D eigenvalue weighted by atomic mass is 10.1. The van der Waals surface area contributed by atoms with Crippen molar-refractivity contribution in [3.63, 3.8) is 0 Å². The Hall–Kier alpha value is -2.97. The molecule has 1 aliphatic rings. The van der Waals surface area contributed by atoms with Gasteiger partial charge in [0, 0.05) is 36.4 Å². The maximum Gasteiger partial charge on any atom is 0.292 e. The molecule has 2 aromatic carbocycles. The smallest absolute Gasteiger partial charge is 0.292 e. The number of aromatic nitrogens is 1. The van der Waals surface area contributed by atoms with Crippen LogP contribution in [0, 0.1) is 0 Å². The van der Waals surface area contributed by atoms with E-state index in [1.54, 1.807) is 12.0 Å². The number of likely N-dealkylation sites (N-methyl/N-ethyl adjacent to an activating group) is 1. The highest BCUT2D eigenvalue weighted by Crippen LogP contribution is 2.38. The standard InChI is InChI=1S/C24H27F2N3O3/c1-27-10-11-32-17-6-4-16(5-7-17)20-13-22(29-14-23(31-3)24(25,26)15-29)19-9-8-18(30-2)12-21(19)28-20/h4-9,12-13,23,27H,10-11,14-15H2,1-3H3. The van der Waals surface area contributed by atoms with E-state index in [0.29, 0.717) is 29.3 Å². The number of alkyl halides is 2. The molecule has 32 heavy (non-hydrogen) atoms. The number of halogens is 2. The topological polar surface area (TPSA) is 55.9 Å². The zero-order valence-corrected chi connectivity index (χ0v) is 18.4. The zero-order chi connectivity index (χ0) is 22.7. The minimum absolute atomic E-state index is 0.103. The third-order valence-electron chi connectivity index (χ3n) is 5.65. The van der Waals surface area contributed by atoms with Gasteiger partial charge in [-0.05, 0) is 49.5 Å². The summed E-state index contributed by atoms with van der Waals surface area (Å²) in [6, 6.07) is 15.0. The SMILES string of the molecule is CNCCOc1ccc(-c2cc(N3CC(OC)C(F)(F)C3)c3ccc(OC)cc3n2)cc1. The van der Waals surface area contributed by atoms with E-state index in [9.17, 15) is 8.78 Å². The van der Waals surface area contributed by atoms with Gasteiger partial charge in [-0.15, -0.1) is 0 Å². The van der Waals surface area contributed by atoms with Crippen LogP contribution in [0.2, 0.25) is 0 Å². The average Bonchev–Trinajstić information content (AvgIpc) is 3.12. The largest absolute Gasteiger partial charge is 0.497 e. The molecule has 1 aromatic heterocycles. The fourth-order valence-corrected chi connectivity index (χ4v) is 3.90. The van der Waals surface area contributed by atoms with E-state index >= 15 is 0 Å². The summed E-state index contributed by atoms with van der Waals surface area (Å²) < 4.78 is 45.0. The summed E-state index contributed by atoms with van der Waals surface area (Å²) in [6.07, 6.45) is -1.15. The molecule has 1 aliphatic heterocycles. The predicted molar refractivity (Wildman–Crippen MR) is 121 cm³/mol. The van der Waals surface area contributed by atoms with Crippen LogP contribution < -0.4 is 19.7 Å². The Labute approximate surface area is 186 Å². The van der Waals surface area contributed by atoms with Crippen LogP contribution in [0.1, 0.15) is 0 Å². The van der Waals surface area contributed by atoms with E-state index in [-0.39, 0.29) is 6.54 Å². The van der Waals surface area contributed by atoms with Crippen molar-refractivity contribution in [3.05, 3.63) is 48.5 Å². The third kappa shape index (κ3) is 4.47. The van der Waals surface area contributed by atoms with Crippen molar-refractivity contribution in [2.45, 2.75) is 12.0 Å². The first-order valence-corrected chi connectivity index (χ1v) is 10.5. The van der Waals surface area contributed by atoms with Crippen LogP contribution >= 0.6 is 0 Å². The molecule has 0 amide bonds. The van der Waals surface area contributed by atoms with Crippen molar-refractivity contribution < 1.29 is 23.0 Å². The summed E-state index contributed by atoms with van der Waals surface area (Å²) in [6.45, 7) is 1.01. The highest BCUT2D eigenvalue weighted by atomic mass is 19.3. The highest BCUT2D eigenvalue weighted by molar-refractivity contribution is 5.95. The second kappa shape index (κ2) is 9.26. The van der Waals surface area contributed by atoms with Crippen LogP contribution in [0.4, 0.5) is 14.5 Å². The van der Waals surface area contributed by atoms with Gasteiger partial charge in [-0.1, -0.05) is 0 Å². The Bertz CT molecular complexity index is 1080. The number of methoxy groups -OCH3 is 2. The van der Waals surface area contributed by atoms with Crippen LogP contribution in [0.5, 0.6) is 11.5 Å². The number of rotatable bonds is 8. The fraction of sp³-hybridized carbons (Fsp3) is 0.375. The summed E-state index contributed by atoms with van der Waals surface area (Å²) in [5.74, 6) is -1.51. The number of hydrogen-bond acceptors (Lipinski definition) is 6. The number of nitrogens with zero attached hydrogens (tertiary/aromatic N) is 2. The molecule has 1 N–H and O–H groups in total. The lowest BCUT2D eigenvalue weighted by molar-refractivity contribution is -0.0889. The van der Waals surface area contributed by atoms with Crippen molar-refractivity contribution in [2.75, 3.05) is 52.4 Å². The monoisotopic (exact) mass is 443 g/mol. The van der Waals surface area contributed by atoms with E-state index in [2.05, 4.69) is 5.32 Å². The molecule has 1 fully saturated rings. The van der Waals surface area contributed by atoms with Crippen molar-refractivity contribution >= 4 is 16.6 Å². The van der Waals surface area contributed by atoms with Gasteiger partial charge in [0.05, 0.1) is 31.4 Å². The van der Waals surface area contributed by atoms with E-state index in [4.69, 9.17) is 19.2 Å². The lowest BCUT2D eigenvalue weighted by Gasteiger charge is -2.21. The van der Waals surface area contributed by atoms with Gasteiger partial charge in [-0.3, -0.25) is 0 Å². The summed E-state index contributed by atoms with van der Waals surface area (Å²) in [7, 11) is 4.78. The molecule has 1 unspecified atom stereocenters. The van der Waals surface area contributed by atoms with E-state index < -0.39 is 18.6 Å². The molecule has 170 valence electrons. The minimum Gasteiger partial charge on any atom is -0.497 e. The molecule has 6 nitrogen and oxygen atoms in total. The van der Waals surface area contributed by atoms with Crippen LogP contribution in [-0.2, 0) is 4.74 Å². The summed E-state index contributed by atoms with van der Waals surface area (Å²) in [5.41, 5.74) is 2.93. The second-order valence-corrected chi connectivity index (χ2v) is 7.75. The first-order valence-electron chi connectivity index (χ1n) is 10.5. The average molecular weight is 443 g/mol. The van der Waals surface area contributed by atoms with E-state index in [1.807, 2.05) is 55.6 Å². The number of anilines is 1. The van der Waals surface area contributed by atoms with Crippen molar-refractivity contribution in [1.29, 1.82) is 0 Å². The Morgan fingerprint density at radius 2 is 1.84 bits per heavy atom. The first kappa shape index (κ1) is 22.2. The number of hydrogen-bond donors (Lipinski definition) is 1. The molecule has 4 rings (SSSR count).